The molecule has 0 radical (unpaired) electrons. The van der Waals surface area contributed by atoms with Crippen molar-refractivity contribution in [2.45, 2.75) is 297 Å². The second-order valence-electron chi connectivity index (χ2n) is 18.2. The highest BCUT2D eigenvalue weighted by molar-refractivity contribution is 5.71. The maximum absolute atomic E-state index is 12.7. The Morgan fingerprint density at radius 1 is 0.328 bits per heavy atom. The Kier molecular flexibility index (Phi) is 48.8. The van der Waals surface area contributed by atoms with E-state index in [4.69, 9.17) is 14.2 Å². The largest absolute Gasteiger partial charge is 0.462 e. The van der Waals surface area contributed by atoms with Gasteiger partial charge in [-0.05, 0) is 51.4 Å². The molecule has 0 bridgehead atoms. The predicted octanol–water partition coefficient (Wildman–Crippen LogP) is 17.5. The summed E-state index contributed by atoms with van der Waals surface area (Å²) >= 11 is 0. The van der Waals surface area contributed by atoms with Crippen LogP contribution in [-0.4, -0.2) is 37.2 Å². The number of carbonyl (C=O) groups is 3. The molecule has 1 atom stereocenters. The lowest BCUT2D eigenvalue weighted by Crippen LogP contribution is -2.30. The molecule has 61 heavy (non-hydrogen) atoms. The van der Waals surface area contributed by atoms with E-state index >= 15 is 0 Å². The number of unbranched alkanes of at least 4 members (excludes halogenated alkanes) is 34. The number of hydrogen-bond acceptors (Lipinski definition) is 6. The molecule has 0 aromatic carbocycles. The van der Waals surface area contributed by atoms with Gasteiger partial charge < -0.3 is 14.2 Å². The first kappa shape index (κ1) is 58.9. The van der Waals surface area contributed by atoms with Crippen molar-refractivity contribution >= 4 is 17.9 Å². The van der Waals surface area contributed by atoms with E-state index in [0.29, 0.717) is 19.3 Å². The van der Waals surface area contributed by atoms with E-state index in [1.807, 2.05) is 0 Å². The highest BCUT2D eigenvalue weighted by Crippen LogP contribution is 2.16. The van der Waals surface area contributed by atoms with E-state index in [1.165, 1.54) is 186 Å². The SMILES string of the molecule is CCCCCCC/C=C\C/C=C\CCCCCCCCCCCCCCCC(=O)OCC(COC(=O)CCCCCCCCCC)OC(=O)CCCCCCCCCCCC. The van der Waals surface area contributed by atoms with Crippen molar-refractivity contribution in [3.05, 3.63) is 24.3 Å². The Morgan fingerprint density at radius 3 is 0.902 bits per heavy atom. The summed E-state index contributed by atoms with van der Waals surface area (Å²) in [6.45, 7) is 6.61. The Morgan fingerprint density at radius 2 is 0.590 bits per heavy atom. The van der Waals surface area contributed by atoms with Gasteiger partial charge in [0.25, 0.3) is 0 Å². The van der Waals surface area contributed by atoms with Gasteiger partial charge in [-0.2, -0.15) is 0 Å². The molecule has 0 saturated heterocycles. The lowest BCUT2D eigenvalue weighted by molar-refractivity contribution is -0.167. The second kappa shape index (κ2) is 50.5. The fourth-order valence-electron chi connectivity index (χ4n) is 7.89. The molecule has 0 aromatic rings. The highest BCUT2D eigenvalue weighted by Gasteiger charge is 2.19. The molecule has 0 aromatic heterocycles. The molecule has 0 saturated carbocycles. The lowest BCUT2D eigenvalue weighted by atomic mass is 10.0. The molecule has 0 aliphatic heterocycles. The third-order valence-corrected chi connectivity index (χ3v) is 12.0. The van der Waals surface area contributed by atoms with Crippen molar-refractivity contribution in [3.8, 4) is 0 Å². The van der Waals surface area contributed by atoms with Gasteiger partial charge in [0, 0.05) is 19.3 Å². The van der Waals surface area contributed by atoms with Crippen molar-refractivity contribution in [3.63, 3.8) is 0 Å². The Hall–Kier alpha value is -2.11. The number of carbonyl (C=O) groups excluding carboxylic acids is 3. The zero-order valence-corrected chi connectivity index (χ0v) is 40.9. The highest BCUT2D eigenvalue weighted by atomic mass is 16.6. The number of rotatable bonds is 49. The van der Waals surface area contributed by atoms with Gasteiger partial charge in [0.1, 0.15) is 13.2 Å². The van der Waals surface area contributed by atoms with E-state index in [2.05, 4.69) is 45.1 Å². The number of allylic oxidation sites excluding steroid dienone is 4. The smallest absolute Gasteiger partial charge is 0.306 e. The summed E-state index contributed by atoms with van der Waals surface area (Å²) in [6, 6.07) is 0. The maximum Gasteiger partial charge on any atom is 0.306 e. The summed E-state index contributed by atoms with van der Waals surface area (Å²) in [7, 11) is 0. The van der Waals surface area contributed by atoms with Crippen molar-refractivity contribution < 1.29 is 28.6 Å². The van der Waals surface area contributed by atoms with Crippen molar-refractivity contribution in [2.24, 2.45) is 0 Å². The first-order valence-corrected chi connectivity index (χ1v) is 26.8. The molecule has 0 aliphatic rings. The Balaban J connectivity index is 4.07. The Labute approximate surface area is 379 Å². The van der Waals surface area contributed by atoms with Crippen LogP contribution in [0.15, 0.2) is 24.3 Å². The van der Waals surface area contributed by atoms with E-state index < -0.39 is 6.10 Å². The minimum absolute atomic E-state index is 0.0669. The monoisotopic (exact) mass is 859 g/mol. The summed E-state index contributed by atoms with van der Waals surface area (Å²) in [5, 5.41) is 0. The Bertz CT molecular complexity index is 989. The minimum Gasteiger partial charge on any atom is -0.462 e. The van der Waals surface area contributed by atoms with Gasteiger partial charge in [-0.25, -0.2) is 0 Å². The van der Waals surface area contributed by atoms with Crippen LogP contribution < -0.4 is 0 Å². The molecule has 0 amide bonds. The fraction of sp³-hybridized carbons (Fsp3) is 0.873. The summed E-state index contributed by atoms with van der Waals surface area (Å²) in [5.41, 5.74) is 0. The van der Waals surface area contributed by atoms with Gasteiger partial charge in [0.05, 0.1) is 0 Å². The van der Waals surface area contributed by atoms with Crippen LogP contribution in [0.4, 0.5) is 0 Å². The van der Waals surface area contributed by atoms with Crippen LogP contribution in [0.1, 0.15) is 290 Å². The van der Waals surface area contributed by atoms with Crippen LogP contribution in [0.3, 0.4) is 0 Å². The molecule has 1 unspecified atom stereocenters. The summed E-state index contributed by atoms with van der Waals surface area (Å²) in [4.78, 5) is 37.8. The van der Waals surface area contributed by atoms with Crippen LogP contribution in [0.5, 0.6) is 0 Å². The lowest BCUT2D eigenvalue weighted by Gasteiger charge is -2.18. The molecule has 358 valence electrons. The minimum atomic E-state index is -0.762. The number of ether oxygens (including phenoxy) is 3. The number of esters is 3. The molecular formula is C55H102O6. The van der Waals surface area contributed by atoms with Crippen LogP contribution in [0.2, 0.25) is 0 Å². The van der Waals surface area contributed by atoms with Gasteiger partial charge in [-0.3, -0.25) is 14.4 Å². The van der Waals surface area contributed by atoms with Gasteiger partial charge in [0.15, 0.2) is 6.10 Å². The van der Waals surface area contributed by atoms with Crippen LogP contribution in [0.25, 0.3) is 0 Å². The van der Waals surface area contributed by atoms with Crippen molar-refractivity contribution in [1.29, 1.82) is 0 Å². The first-order chi connectivity index (χ1) is 30.0. The zero-order valence-electron chi connectivity index (χ0n) is 40.9. The molecule has 6 heteroatoms. The second-order valence-corrected chi connectivity index (χ2v) is 18.2. The fourth-order valence-corrected chi connectivity index (χ4v) is 7.89. The molecule has 0 heterocycles. The average Bonchev–Trinajstić information content (AvgIpc) is 3.26. The van der Waals surface area contributed by atoms with Crippen molar-refractivity contribution in [1.82, 2.24) is 0 Å². The van der Waals surface area contributed by atoms with E-state index in [1.54, 1.807) is 0 Å². The quantitative estimate of drug-likeness (QED) is 0.0262. The average molecular weight is 859 g/mol. The van der Waals surface area contributed by atoms with Crippen LogP contribution in [0, 0.1) is 0 Å². The molecule has 0 rings (SSSR count). The number of hydrogen-bond donors (Lipinski definition) is 0. The first-order valence-electron chi connectivity index (χ1n) is 26.8. The van der Waals surface area contributed by atoms with Gasteiger partial charge in [-0.1, -0.05) is 244 Å². The molecule has 0 N–H and O–H groups in total. The summed E-state index contributed by atoms with van der Waals surface area (Å²) in [6.07, 6.45) is 57.6. The third kappa shape index (κ3) is 48.8. The molecule has 0 fully saturated rings. The molecule has 0 aliphatic carbocycles. The topological polar surface area (TPSA) is 78.9 Å². The van der Waals surface area contributed by atoms with Gasteiger partial charge in [0.2, 0.25) is 0 Å². The molecule has 6 nitrogen and oxygen atoms in total. The van der Waals surface area contributed by atoms with E-state index in [0.717, 1.165) is 64.2 Å². The van der Waals surface area contributed by atoms with Crippen LogP contribution in [-0.2, 0) is 28.6 Å². The maximum atomic E-state index is 12.7. The molecule has 0 spiro atoms. The predicted molar refractivity (Wildman–Crippen MR) is 261 cm³/mol. The van der Waals surface area contributed by atoms with Gasteiger partial charge >= 0.3 is 17.9 Å². The standard InChI is InChI=1S/C55H102O6/c1-4-7-10-13-16-19-21-22-23-24-25-26-27-28-29-30-31-32-33-34-35-37-39-42-45-48-54(57)60-51-52(50-59-53(56)47-44-41-38-18-15-12-9-6-3)61-55(58)49-46-43-40-36-20-17-14-11-8-5-2/h21-22,24-25,52H,4-20,23,26-51H2,1-3H3/b22-21-,25-24-. The summed E-state index contributed by atoms with van der Waals surface area (Å²) < 4.78 is 16.7. The van der Waals surface area contributed by atoms with Crippen molar-refractivity contribution in [2.75, 3.05) is 13.2 Å². The zero-order chi connectivity index (χ0) is 44.4. The van der Waals surface area contributed by atoms with E-state index in [9.17, 15) is 14.4 Å². The van der Waals surface area contributed by atoms with Gasteiger partial charge in [-0.15, -0.1) is 0 Å². The molecular weight excluding hydrogens is 757 g/mol. The normalized spacial score (nSPS) is 12.1. The van der Waals surface area contributed by atoms with Crippen LogP contribution >= 0.6 is 0 Å². The summed E-state index contributed by atoms with van der Waals surface area (Å²) in [5.74, 6) is -0.861. The van der Waals surface area contributed by atoms with E-state index in [-0.39, 0.29) is 31.1 Å². The third-order valence-electron chi connectivity index (χ3n) is 12.0.